The molecule has 1 aliphatic carbocycles. The van der Waals surface area contributed by atoms with E-state index in [0.717, 1.165) is 31.2 Å². The van der Waals surface area contributed by atoms with Crippen molar-refractivity contribution in [1.82, 2.24) is 0 Å². The van der Waals surface area contributed by atoms with Crippen LogP contribution in [0.4, 0.5) is 0 Å². The van der Waals surface area contributed by atoms with E-state index < -0.39 is 11.0 Å². The Balaban J connectivity index is 2.36. The molecular formula is C17H22ClNO. The minimum absolute atomic E-state index is 0.260. The first-order valence-corrected chi connectivity index (χ1v) is 7.50. The summed E-state index contributed by atoms with van der Waals surface area (Å²) in [4.78, 5) is 0. The third-order valence-electron chi connectivity index (χ3n) is 5.01. The van der Waals surface area contributed by atoms with Crippen molar-refractivity contribution in [3.8, 4) is 6.07 Å². The van der Waals surface area contributed by atoms with Crippen LogP contribution in [-0.2, 0) is 5.60 Å². The van der Waals surface area contributed by atoms with Gasteiger partial charge in [-0.25, -0.2) is 0 Å². The summed E-state index contributed by atoms with van der Waals surface area (Å²) in [6.07, 6.45) is 3.38. The Bertz CT molecular complexity index is 515. The van der Waals surface area contributed by atoms with Gasteiger partial charge < -0.3 is 5.11 Å². The predicted octanol–water partition coefficient (Wildman–Crippen LogP) is 4.66. The third kappa shape index (κ3) is 2.57. The zero-order chi connectivity index (χ0) is 15.0. The predicted molar refractivity (Wildman–Crippen MR) is 81.3 cm³/mol. The van der Waals surface area contributed by atoms with Gasteiger partial charge in [0.05, 0.1) is 11.5 Å². The number of hydrogen-bond donors (Lipinski definition) is 1. The largest absolute Gasteiger partial charge is 0.384 e. The fraction of sp³-hybridized carbons (Fsp3) is 0.588. The second kappa shape index (κ2) is 5.06. The molecule has 1 aromatic rings. The standard InChI is InChI=1S/C17H22ClNO/c1-15(2)8-10-17(12-19,11-9-15)16(3,20)13-4-6-14(18)7-5-13/h4-7,20H,8-11H2,1-3H3. The molecule has 0 radical (unpaired) electrons. The van der Waals surface area contributed by atoms with Gasteiger partial charge in [-0.2, -0.15) is 5.26 Å². The van der Waals surface area contributed by atoms with Crippen molar-refractivity contribution >= 4 is 11.6 Å². The van der Waals surface area contributed by atoms with Crippen LogP contribution in [0.5, 0.6) is 0 Å². The van der Waals surface area contributed by atoms with Gasteiger partial charge in [0.1, 0.15) is 5.60 Å². The third-order valence-corrected chi connectivity index (χ3v) is 5.26. The minimum Gasteiger partial charge on any atom is -0.384 e. The smallest absolute Gasteiger partial charge is 0.105 e. The molecule has 1 fully saturated rings. The highest BCUT2D eigenvalue weighted by Gasteiger charge is 2.51. The van der Waals surface area contributed by atoms with Crippen LogP contribution < -0.4 is 0 Å². The molecule has 20 heavy (non-hydrogen) atoms. The Kier molecular flexibility index (Phi) is 3.88. The maximum Gasteiger partial charge on any atom is 0.105 e. The van der Waals surface area contributed by atoms with Gasteiger partial charge >= 0.3 is 0 Å². The topological polar surface area (TPSA) is 44.0 Å². The van der Waals surface area contributed by atoms with Crippen LogP contribution in [0.25, 0.3) is 0 Å². The molecular weight excluding hydrogens is 270 g/mol. The molecule has 0 aliphatic heterocycles. The summed E-state index contributed by atoms with van der Waals surface area (Å²) in [5.41, 5.74) is -0.835. The fourth-order valence-electron chi connectivity index (χ4n) is 3.11. The summed E-state index contributed by atoms with van der Waals surface area (Å²) in [5.74, 6) is 0. The molecule has 1 saturated carbocycles. The van der Waals surface area contributed by atoms with Gasteiger partial charge in [0.2, 0.25) is 0 Å². The molecule has 0 bridgehead atoms. The van der Waals surface area contributed by atoms with Gasteiger partial charge in [0.25, 0.3) is 0 Å². The molecule has 0 saturated heterocycles. The van der Waals surface area contributed by atoms with Crippen LogP contribution in [0.15, 0.2) is 24.3 Å². The SMILES string of the molecule is CC1(C)CCC(C#N)(C(C)(O)c2ccc(Cl)cc2)CC1. The molecule has 2 rings (SSSR count). The Labute approximate surface area is 126 Å². The van der Waals surface area contributed by atoms with Crippen LogP contribution in [0.2, 0.25) is 5.02 Å². The van der Waals surface area contributed by atoms with Crippen LogP contribution in [-0.4, -0.2) is 5.11 Å². The average molecular weight is 292 g/mol. The second-order valence-corrected chi connectivity index (χ2v) is 7.37. The zero-order valence-electron chi connectivity index (χ0n) is 12.4. The first-order chi connectivity index (χ1) is 9.22. The summed E-state index contributed by atoms with van der Waals surface area (Å²) in [7, 11) is 0. The highest BCUT2D eigenvalue weighted by Crippen LogP contribution is 2.53. The van der Waals surface area contributed by atoms with E-state index in [9.17, 15) is 10.4 Å². The fourth-order valence-corrected chi connectivity index (χ4v) is 3.24. The van der Waals surface area contributed by atoms with Crippen LogP contribution in [0.3, 0.4) is 0 Å². The summed E-state index contributed by atoms with van der Waals surface area (Å²) >= 11 is 5.91. The maximum atomic E-state index is 11.1. The van der Waals surface area contributed by atoms with E-state index in [2.05, 4.69) is 19.9 Å². The molecule has 1 unspecified atom stereocenters. The molecule has 0 heterocycles. The first kappa shape index (κ1) is 15.4. The molecule has 0 amide bonds. The highest BCUT2D eigenvalue weighted by molar-refractivity contribution is 6.30. The van der Waals surface area contributed by atoms with E-state index in [1.54, 1.807) is 19.1 Å². The Hall–Kier alpha value is -1.04. The van der Waals surface area contributed by atoms with Crippen molar-refractivity contribution in [2.45, 2.75) is 52.1 Å². The van der Waals surface area contributed by atoms with Crippen molar-refractivity contribution < 1.29 is 5.11 Å². The van der Waals surface area contributed by atoms with E-state index >= 15 is 0 Å². The normalized spacial score (nSPS) is 23.6. The van der Waals surface area contributed by atoms with Gasteiger partial charge in [-0.3, -0.25) is 0 Å². The molecule has 3 heteroatoms. The van der Waals surface area contributed by atoms with Gasteiger partial charge in [-0.1, -0.05) is 37.6 Å². The molecule has 1 atom stereocenters. The second-order valence-electron chi connectivity index (χ2n) is 6.94. The quantitative estimate of drug-likeness (QED) is 0.861. The molecule has 1 aliphatic rings. The molecule has 0 spiro atoms. The van der Waals surface area contributed by atoms with E-state index in [-0.39, 0.29) is 5.41 Å². The average Bonchev–Trinajstić information content (AvgIpc) is 2.39. The van der Waals surface area contributed by atoms with Crippen molar-refractivity contribution in [2.75, 3.05) is 0 Å². The summed E-state index contributed by atoms with van der Waals surface area (Å²) in [6.45, 7) is 6.22. The molecule has 108 valence electrons. The molecule has 0 aromatic heterocycles. The lowest BCUT2D eigenvalue weighted by molar-refractivity contribution is -0.0773. The van der Waals surface area contributed by atoms with E-state index in [1.165, 1.54) is 0 Å². The Morgan fingerprint density at radius 1 is 1.15 bits per heavy atom. The van der Waals surface area contributed by atoms with E-state index in [1.807, 2.05) is 12.1 Å². The molecule has 1 aromatic carbocycles. The maximum absolute atomic E-state index is 11.1. The monoisotopic (exact) mass is 291 g/mol. The van der Waals surface area contributed by atoms with Crippen LogP contribution >= 0.6 is 11.6 Å². The van der Waals surface area contributed by atoms with Crippen LogP contribution in [0.1, 0.15) is 52.0 Å². The number of rotatable bonds is 2. The van der Waals surface area contributed by atoms with E-state index in [0.29, 0.717) is 5.02 Å². The lowest BCUT2D eigenvalue weighted by atomic mass is 9.58. The number of nitrogens with zero attached hydrogens (tertiary/aromatic N) is 1. The lowest BCUT2D eigenvalue weighted by Gasteiger charge is -2.47. The Morgan fingerprint density at radius 3 is 2.10 bits per heavy atom. The zero-order valence-corrected chi connectivity index (χ0v) is 13.2. The molecule has 1 N–H and O–H groups in total. The van der Waals surface area contributed by atoms with Crippen LogP contribution in [0, 0.1) is 22.2 Å². The summed E-state index contributed by atoms with van der Waals surface area (Å²) in [5, 5.41) is 21.4. The number of nitriles is 1. The summed E-state index contributed by atoms with van der Waals surface area (Å²) in [6, 6.07) is 9.60. The highest BCUT2D eigenvalue weighted by atomic mass is 35.5. The first-order valence-electron chi connectivity index (χ1n) is 7.12. The number of benzene rings is 1. The van der Waals surface area contributed by atoms with Gasteiger partial charge in [0.15, 0.2) is 0 Å². The van der Waals surface area contributed by atoms with Crippen molar-refractivity contribution in [3.05, 3.63) is 34.9 Å². The van der Waals surface area contributed by atoms with Gasteiger partial charge in [0, 0.05) is 5.02 Å². The minimum atomic E-state index is -1.15. The van der Waals surface area contributed by atoms with Crippen molar-refractivity contribution in [1.29, 1.82) is 5.26 Å². The summed E-state index contributed by atoms with van der Waals surface area (Å²) < 4.78 is 0. The van der Waals surface area contributed by atoms with Crippen molar-refractivity contribution in [2.24, 2.45) is 10.8 Å². The van der Waals surface area contributed by atoms with Gasteiger partial charge in [-0.05, 0) is 55.7 Å². The number of hydrogen-bond acceptors (Lipinski definition) is 2. The van der Waals surface area contributed by atoms with E-state index in [4.69, 9.17) is 11.6 Å². The van der Waals surface area contributed by atoms with Crippen molar-refractivity contribution in [3.63, 3.8) is 0 Å². The number of aliphatic hydroxyl groups is 1. The van der Waals surface area contributed by atoms with Gasteiger partial charge in [-0.15, -0.1) is 0 Å². The Morgan fingerprint density at radius 2 is 1.65 bits per heavy atom. The number of halogens is 1. The lowest BCUT2D eigenvalue weighted by Crippen LogP contribution is -2.46. The molecule has 2 nitrogen and oxygen atoms in total.